The molecule has 1 aromatic heterocycles. The van der Waals surface area contributed by atoms with Gasteiger partial charge in [-0.05, 0) is 37.6 Å². The lowest BCUT2D eigenvalue weighted by Gasteiger charge is -2.09. The van der Waals surface area contributed by atoms with E-state index in [2.05, 4.69) is 9.71 Å². The summed E-state index contributed by atoms with van der Waals surface area (Å²) in [6.07, 6.45) is 2.01. The Balaban J connectivity index is 2.02. The smallest absolute Gasteiger partial charge is 0.240 e. The first-order chi connectivity index (χ1) is 9.92. The van der Waals surface area contributed by atoms with E-state index in [9.17, 15) is 8.42 Å². The van der Waals surface area contributed by atoms with E-state index in [0.29, 0.717) is 23.8 Å². The van der Waals surface area contributed by atoms with Gasteiger partial charge in [-0.25, -0.2) is 18.1 Å². The lowest BCUT2D eigenvalue weighted by molar-refractivity contribution is 0.411. The van der Waals surface area contributed by atoms with Crippen LogP contribution in [0.3, 0.4) is 0 Å². The maximum Gasteiger partial charge on any atom is 0.240 e. The van der Waals surface area contributed by atoms with Crippen molar-refractivity contribution in [3.8, 4) is 5.75 Å². The lowest BCUT2D eigenvalue weighted by atomic mass is 10.2. The van der Waals surface area contributed by atoms with E-state index in [1.165, 1.54) is 6.07 Å². The van der Waals surface area contributed by atoms with Crippen LogP contribution in [0.4, 0.5) is 0 Å². The largest absolute Gasteiger partial charge is 0.496 e. The predicted octanol–water partition coefficient (Wildman–Crippen LogP) is 1.82. The minimum Gasteiger partial charge on any atom is -0.496 e. The van der Waals surface area contributed by atoms with Crippen LogP contribution in [0.1, 0.15) is 17.2 Å². The molecule has 0 atom stereocenters. The Morgan fingerprint density at radius 1 is 1.33 bits per heavy atom. The zero-order chi connectivity index (χ0) is 15.5. The number of oxazole rings is 1. The van der Waals surface area contributed by atoms with Crippen molar-refractivity contribution in [3.05, 3.63) is 41.6 Å². The molecular formula is C14H18N2O4S. The first-order valence-corrected chi connectivity index (χ1v) is 7.96. The van der Waals surface area contributed by atoms with Gasteiger partial charge in [-0.1, -0.05) is 0 Å². The van der Waals surface area contributed by atoms with Crippen LogP contribution in [-0.4, -0.2) is 27.1 Å². The third-order valence-corrected chi connectivity index (χ3v) is 4.44. The highest BCUT2D eigenvalue weighted by Gasteiger charge is 2.15. The van der Waals surface area contributed by atoms with E-state index in [4.69, 9.17) is 9.15 Å². The van der Waals surface area contributed by atoms with Gasteiger partial charge in [0.25, 0.3) is 0 Å². The second kappa shape index (κ2) is 6.28. The second-order valence-electron chi connectivity index (χ2n) is 4.64. The van der Waals surface area contributed by atoms with Gasteiger partial charge in [0.15, 0.2) is 5.89 Å². The van der Waals surface area contributed by atoms with Gasteiger partial charge < -0.3 is 9.15 Å². The summed E-state index contributed by atoms with van der Waals surface area (Å²) in [5, 5.41) is 0. The number of rotatable bonds is 6. The highest BCUT2D eigenvalue weighted by Crippen LogP contribution is 2.21. The van der Waals surface area contributed by atoms with Crippen LogP contribution in [0.15, 0.2) is 33.7 Å². The van der Waals surface area contributed by atoms with Gasteiger partial charge >= 0.3 is 0 Å². The molecule has 6 nitrogen and oxygen atoms in total. The van der Waals surface area contributed by atoms with Crippen molar-refractivity contribution in [2.45, 2.75) is 25.2 Å². The zero-order valence-corrected chi connectivity index (χ0v) is 13.0. The zero-order valence-electron chi connectivity index (χ0n) is 12.2. The summed E-state index contributed by atoms with van der Waals surface area (Å²) >= 11 is 0. The van der Waals surface area contributed by atoms with Crippen molar-refractivity contribution in [3.63, 3.8) is 0 Å². The van der Waals surface area contributed by atoms with Crippen LogP contribution < -0.4 is 9.46 Å². The number of aromatic nitrogens is 1. The number of hydrogen-bond acceptors (Lipinski definition) is 5. The first-order valence-electron chi connectivity index (χ1n) is 6.48. The monoisotopic (exact) mass is 310 g/mol. The standard InChI is InChI=1S/C14H18N2O4S/c1-10-8-12(4-5-13(10)19-3)21(17,18)16-7-6-14-15-9-11(2)20-14/h4-5,8-9,16H,6-7H2,1-3H3. The lowest BCUT2D eigenvalue weighted by Crippen LogP contribution is -2.26. The molecule has 21 heavy (non-hydrogen) atoms. The Hall–Kier alpha value is -1.86. The molecule has 0 spiro atoms. The van der Waals surface area contributed by atoms with Crippen LogP contribution in [0.25, 0.3) is 0 Å². The van der Waals surface area contributed by atoms with Crippen LogP contribution in [0.2, 0.25) is 0 Å². The average molecular weight is 310 g/mol. The number of aryl methyl sites for hydroxylation is 2. The van der Waals surface area contributed by atoms with Gasteiger partial charge in [0, 0.05) is 13.0 Å². The molecule has 0 unspecified atom stereocenters. The molecule has 0 radical (unpaired) electrons. The van der Waals surface area contributed by atoms with Gasteiger partial charge in [-0.2, -0.15) is 0 Å². The molecular weight excluding hydrogens is 292 g/mol. The summed E-state index contributed by atoms with van der Waals surface area (Å²) in [6, 6.07) is 4.74. The quantitative estimate of drug-likeness (QED) is 0.880. The molecule has 0 saturated carbocycles. The van der Waals surface area contributed by atoms with Crippen molar-refractivity contribution in [1.29, 1.82) is 0 Å². The summed E-state index contributed by atoms with van der Waals surface area (Å²) in [7, 11) is -2.00. The number of ether oxygens (including phenoxy) is 1. The Labute approximate surface area is 124 Å². The number of methoxy groups -OCH3 is 1. The van der Waals surface area contributed by atoms with Crippen molar-refractivity contribution in [1.82, 2.24) is 9.71 Å². The SMILES string of the molecule is COc1ccc(S(=O)(=O)NCCc2ncc(C)o2)cc1C. The van der Waals surface area contributed by atoms with Crippen LogP contribution >= 0.6 is 0 Å². The maximum atomic E-state index is 12.2. The third-order valence-electron chi connectivity index (χ3n) is 2.98. The Morgan fingerprint density at radius 2 is 2.10 bits per heavy atom. The van der Waals surface area contributed by atoms with Gasteiger partial charge in [0.1, 0.15) is 11.5 Å². The number of hydrogen-bond donors (Lipinski definition) is 1. The molecule has 1 N–H and O–H groups in total. The summed E-state index contributed by atoms with van der Waals surface area (Å²) in [5.74, 6) is 1.88. The molecule has 2 aromatic rings. The number of sulfonamides is 1. The van der Waals surface area contributed by atoms with E-state index >= 15 is 0 Å². The molecule has 0 aliphatic heterocycles. The molecule has 1 heterocycles. The molecule has 2 rings (SSSR count). The Bertz CT molecular complexity index is 722. The van der Waals surface area contributed by atoms with Gasteiger partial charge in [0.05, 0.1) is 18.2 Å². The fourth-order valence-electron chi connectivity index (χ4n) is 1.91. The van der Waals surface area contributed by atoms with Gasteiger partial charge in [-0.3, -0.25) is 0 Å². The maximum absolute atomic E-state index is 12.2. The molecule has 0 saturated heterocycles. The van der Waals surface area contributed by atoms with E-state index in [1.54, 1.807) is 39.3 Å². The van der Waals surface area contributed by atoms with Gasteiger partial charge in [-0.15, -0.1) is 0 Å². The van der Waals surface area contributed by atoms with Crippen molar-refractivity contribution >= 4 is 10.0 Å². The summed E-state index contributed by atoms with van der Waals surface area (Å²) in [5.41, 5.74) is 0.767. The predicted molar refractivity (Wildman–Crippen MR) is 77.9 cm³/mol. The number of nitrogens with one attached hydrogen (secondary N) is 1. The summed E-state index contributed by atoms with van der Waals surface area (Å²) in [6.45, 7) is 3.82. The molecule has 0 aliphatic carbocycles. The third kappa shape index (κ3) is 3.83. The van der Waals surface area contributed by atoms with E-state index in [-0.39, 0.29) is 11.4 Å². The number of nitrogens with zero attached hydrogens (tertiary/aromatic N) is 1. The minimum absolute atomic E-state index is 0.212. The molecule has 0 bridgehead atoms. The van der Waals surface area contributed by atoms with Crippen LogP contribution in [0.5, 0.6) is 5.75 Å². The molecule has 0 amide bonds. The molecule has 0 aliphatic rings. The molecule has 114 valence electrons. The van der Waals surface area contributed by atoms with E-state index < -0.39 is 10.0 Å². The van der Waals surface area contributed by atoms with E-state index in [1.807, 2.05) is 0 Å². The summed E-state index contributed by atoms with van der Waals surface area (Å²) < 4.78 is 37.3. The second-order valence-corrected chi connectivity index (χ2v) is 6.41. The minimum atomic E-state index is -3.55. The van der Waals surface area contributed by atoms with E-state index in [0.717, 1.165) is 5.56 Å². The van der Waals surface area contributed by atoms with Crippen molar-refractivity contribution < 1.29 is 17.6 Å². The van der Waals surface area contributed by atoms with Gasteiger partial charge in [0.2, 0.25) is 10.0 Å². The highest BCUT2D eigenvalue weighted by atomic mass is 32.2. The average Bonchev–Trinajstić information content (AvgIpc) is 2.84. The first kappa shape index (κ1) is 15.5. The van der Waals surface area contributed by atoms with Crippen molar-refractivity contribution in [2.75, 3.05) is 13.7 Å². The Morgan fingerprint density at radius 3 is 2.67 bits per heavy atom. The Kier molecular flexibility index (Phi) is 4.64. The molecule has 1 aromatic carbocycles. The molecule has 0 fully saturated rings. The van der Waals surface area contributed by atoms with Crippen molar-refractivity contribution in [2.24, 2.45) is 0 Å². The fourth-order valence-corrected chi connectivity index (χ4v) is 3.03. The number of benzene rings is 1. The summed E-state index contributed by atoms with van der Waals surface area (Å²) in [4.78, 5) is 4.24. The van der Waals surface area contributed by atoms with Crippen LogP contribution in [0, 0.1) is 13.8 Å². The van der Waals surface area contributed by atoms with Crippen LogP contribution in [-0.2, 0) is 16.4 Å². The topological polar surface area (TPSA) is 81.4 Å². The molecule has 7 heteroatoms. The fraction of sp³-hybridized carbons (Fsp3) is 0.357. The normalized spacial score (nSPS) is 11.6. The highest BCUT2D eigenvalue weighted by molar-refractivity contribution is 7.89.